The lowest BCUT2D eigenvalue weighted by Crippen LogP contribution is -2.34. The van der Waals surface area contributed by atoms with Crippen LogP contribution in [-0.4, -0.2) is 53.4 Å². The molecule has 1 atom stereocenters. The molecule has 0 spiro atoms. The Hall–Kier alpha value is -4.75. The molecule has 1 aromatic carbocycles. The average molecular weight is 645 g/mol. The molecule has 2 heterocycles. The summed E-state index contributed by atoms with van der Waals surface area (Å²) in [6.45, 7) is 6.05. The molecule has 1 aliphatic carbocycles. The molecule has 1 saturated carbocycles. The number of alkyl halides is 2. The second-order valence-electron chi connectivity index (χ2n) is 11.7. The summed E-state index contributed by atoms with van der Waals surface area (Å²) in [6.07, 6.45) is 1.92. The van der Waals surface area contributed by atoms with Crippen molar-refractivity contribution >= 4 is 18.0 Å². The summed E-state index contributed by atoms with van der Waals surface area (Å²) in [4.78, 5) is 46.5. The van der Waals surface area contributed by atoms with E-state index in [9.17, 15) is 23.2 Å². The van der Waals surface area contributed by atoms with Gasteiger partial charge < -0.3 is 34.0 Å². The van der Waals surface area contributed by atoms with Crippen molar-refractivity contribution in [1.82, 2.24) is 20.6 Å². The van der Waals surface area contributed by atoms with Gasteiger partial charge in [0.2, 0.25) is 5.89 Å². The Morgan fingerprint density at radius 3 is 2.48 bits per heavy atom. The highest BCUT2D eigenvalue weighted by molar-refractivity contribution is 5.94. The lowest BCUT2D eigenvalue weighted by molar-refractivity contribution is -0.0515. The van der Waals surface area contributed by atoms with Gasteiger partial charge >= 0.3 is 18.7 Å². The first-order valence-electron chi connectivity index (χ1n) is 15.0. The Kier molecular flexibility index (Phi) is 11.1. The number of nitrogens with one attached hydrogen (secondary N) is 2. The standard InChI is InChI=1S/C32H38F2N4O8/c1-6-14-42-29(40)22-9-7-8-21(37-22)27(39)35-16-23-26(18(2)36-31(41)46-32(3,4)5)45-28(38-23)20-12-13-24(44-30(33)34)25(15-20)43-17-19-10-11-19/h7-9,12-13,15,18-19,30H,6,10-11,14,16-17H2,1-5H3,(H,35,39)(H,36,41). The zero-order valence-electron chi connectivity index (χ0n) is 26.4. The lowest BCUT2D eigenvalue weighted by atomic mass is 10.2. The number of carbonyl (C=O) groups is 3. The van der Waals surface area contributed by atoms with Crippen LogP contribution in [-0.2, 0) is 16.0 Å². The van der Waals surface area contributed by atoms with Gasteiger partial charge in [0.25, 0.3) is 5.91 Å². The third kappa shape index (κ3) is 9.88. The number of hydrogen-bond donors (Lipinski definition) is 2. The van der Waals surface area contributed by atoms with Gasteiger partial charge in [-0.2, -0.15) is 8.78 Å². The third-order valence-corrected chi connectivity index (χ3v) is 6.48. The van der Waals surface area contributed by atoms with Crippen LogP contribution in [0, 0.1) is 5.92 Å². The average Bonchev–Trinajstić information content (AvgIpc) is 3.73. The van der Waals surface area contributed by atoms with Crippen LogP contribution in [0.3, 0.4) is 0 Å². The zero-order chi connectivity index (χ0) is 33.4. The van der Waals surface area contributed by atoms with Gasteiger partial charge in [0.05, 0.1) is 25.8 Å². The first-order chi connectivity index (χ1) is 21.8. The van der Waals surface area contributed by atoms with Gasteiger partial charge in [-0.1, -0.05) is 13.0 Å². The number of benzene rings is 1. The number of oxazole rings is 1. The highest BCUT2D eigenvalue weighted by atomic mass is 19.3. The Morgan fingerprint density at radius 2 is 1.80 bits per heavy atom. The largest absolute Gasteiger partial charge is 0.489 e. The molecule has 0 radical (unpaired) electrons. The molecule has 3 aromatic rings. The van der Waals surface area contributed by atoms with Gasteiger partial charge in [0.15, 0.2) is 17.3 Å². The molecule has 12 nitrogen and oxygen atoms in total. The van der Waals surface area contributed by atoms with E-state index >= 15 is 0 Å². The van der Waals surface area contributed by atoms with Crippen LogP contribution in [0.2, 0.25) is 0 Å². The van der Waals surface area contributed by atoms with Crippen LogP contribution in [0.1, 0.15) is 92.4 Å². The van der Waals surface area contributed by atoms with Crippen molar-refractivity contribution < 1.29 is 46.5 Å². The predicted molar refractivity (Wildman–Crippen MR) is 161 cm³/mol. The molecule has 0 aliphatic heterocycles. The van der Waals surface area contributed by atoms with Crippen molar-refractivity contribution in [2.24, 2.45) is 5.92 Å². The first kappa shape index (κ1) is 34.1. The molecule has 1 unspecified atom stereocenters. The van der Waals surface area contributed by atoms with E-state index in [0.717, 1.165) is 12.8 Å². The van der Waals surface area contributed by atoms with Crippen LogP contribution < -0.4 is 20.1 Å². The van der Waals surface area contributed by atoms with Gasteiger partial charge in [0.1, 0.15) is 22.7 Å². The van der Waals surface area contributed by atoms with E-state index in [-0.39, 0.29) is 53.4 Å². The minimum atomic E-state index is -3.05. The maximum atomic E-state index is 13.1. The molecular weight excluding hydrogens is 606 g/mol. The van der Waals surface area contributed by atoms with E-state index in [4.69, 9.17) is 18.6 Å². The summed E-state index contributed by atoms with van der Waals surface area (Å²) < 4.78 is 53.1. The Bertz CT molecular complexity index is 1530. The fraction of sp³-hybridized carbons (Fsp3) is 0.469. The summed E-state index contributed by atoms with van der Waals surface area (Å²) in [7, 11) is 0. The summed E-state index contributed by atoms with van der Waals surface area (Å²) in [5.41, 5.74) is -0.145. The molecular formula is C32H38F2N4O8. The number of alkyl carbamates (subject to hydrolysis) is 1. The second kappa shape index (κ2) is 15.0. The highest BCUT2D eigenvalue weighted by Gasteiger charge is 2.27. The summed E-state index contributed by atoms with van der Waals surface area (Å²) >= 11 is 0. The number of nitrogens with zero attached hydrogens (tertiary/aromatic N) is 2. The van der Waals surface area contributed by atoms with E-state index < -0.39 is 36.2 Å². The number of esters is 1. The monoisotopic (exact) mass is 644 g/mol. The molecule has 46 heavy (non-hydrogen) atoms. The van der Waals surface area contributed by atoms with E-state index in [1.165, 1.54) is 36.4 Å². The Labute approximate surface area is 265 Å². The quantitative estimate of drug-likeness (QED) is 0.194. The molecule has 14 heteroatoms. The van der Waals surface area contributed by atoms with E-state index in [1.54, 1.807) is 27.7 Å². The molecule has 0 bridgehead atoms. The minimum Gasteiger partial charge on any atom is -0.489 e. The first-order valence-corrected chi connectivity index (χ1v) is 15.0. The maximum absolute atomic E-state index is 13.1. The number of hydrogen-bond acceptors (Lipinski definition) is 10. The molecule has 2 aromatic heterocycles. The number of amides is 2. The molecule has 4 rings (SSSR count). The van der Waals surface area contributed by atoms with Gasteiger partial charge in [0, 0.05) is 5.56 Å². The van der Waals surface area contributed by atoms with Gasteiger partial charge in [-0.15, -0.1) is 0 Å². The van der Waals surface area contributed by atoms with Crippen molar-refractivity contribution in [2.45, 2.75) is 78.7 Å². The van der Waals surface area contributed by atoms with Crippen LogP contribution in [0.15, 0.2) is 40.8 Å². The van der Waals surface area contributed by atoms with Crippen molar-refractivity contribution in [3.8, 4) is 23.0 Å². The maximum Gasteiger partial charge on any atom is 0.408 e. The third-order valence-electron chi connectivity index (χ3n) is 6.48. The van der Waals surface area contributed by atoms with Crippen molar-refractivity contribution in [2.75, 3.05) is 13.2 Å². The normalized spacial score (nSPS) is 13.6. The van der Waals surface area contributed by atoms with Gasteiger partial charge in [-0.3, -0.25) is 4.79 Å². The fourth-order valence-electron chi connectivity index (χ4n) is 4.14. The molecule has 2 N–H and O–H groups in total. The SMILES string of the molecule is CCCOC(=O)c1cccc(C(=O)NCc2nc(-c3ccc(OC(F)F)c(OCC4CC4)c3)oc2C(C)NC(=O)OC(C)(C)C)n1. The van der Waals surface area contributed by atoms with Crippen LogP contribution in [0.5, 0.6) is 11.5 Å². The number of pyridine rings is 1. The summed E-state index contributed by atoms with van der Waals surface area (Å²) in [6, 6.07) is 7.95. The van der Waals surface area contributed by atoms with Gasteiger partial charge in [-0.05, 0) is 83.2 Å². The number of rotatable bonds is 14. The number of ether oxygens (including phenoxy) is 4. The van der Waals surface area contributed by atoms with Crippen LogP contribution in [0.4, 0.5) is 13.6 Å². The number of halogens is 2. The summed E-state index contributed by atoms with van der Waals surface area (Å²) in [5.74, 6) is -0.640. The van der Waals surface area contributed by atoms with Crippen LogP contribution >= 0.6 is 0 Å². The van der Waals surface area contributed by atoms with Crippen molar-refractivity contribution in [1.29, 1.82) is 0 Å². The Morgan fingerprint density at radius 1 is 1.07 bits per heavy atom. The van der Waals surface area contributed by atoms with E-state index in [2.05, 4.69) is 25.3 Å². The summed E-state index contributed by atoms with van der Waals surface area (Å²) in [5, 5.41) is 5.41. The van der Waals surface area contributed by atoms with Gasteiger partial charge in [-0.25, -0.2) is 19.6 Å². The number of carbonyl (C=O) groups excluding carboxylic acids is 3. The molecule has 1 aliphatic rings. The number of aromatic nitrogens is 2. The minimum absolute atomic E-state index is 0.0142. The fourth-order valence-corrected chi connectivity index (χ4v) is 4.14. The molecule has 2 amide bonds. The van der Waals surface area contributed by atoms with Crippen LogP contribution in [0.25, 0.3) is 11.5 Å². The van der Waals surface area contributed by atoms with Crippen molar-refractivity contribution in [3.63, 3.8) is 0 Å². The second-order valence-corrected chi connectivity index (χ2v) is 11.7. The van der Waals surface area contributed by atoms with E-state index in [1.807, 2.05) is 6.92 Å². The Balaban J connectivity index is 1.60. The topological polar surface area (TPSA) is 151 Å². The lowest BCUT2D eigenvalue weighted by Gasteiger charge is -2.21. The van der Waals surface area contributed by atoms with E-state index in [0.29, 0.717) is 24.5 Å². The molecule has 248 valence electrons. The predicted octanol–water partition coefficient (Wildman–Crippen LogP) is 6.21. The smallest absolute Gasteiger partial charge is 0.408 e. The molecule has 1 fully saturated rings. The van der Waals surface area contributed by atoms with Crippen molar-refractivity contribution in [3.05, 3.63) is 59.2 Å². The molecule has 0 saturated heterocycles. The highest BCUT2D eigenvalue weighted by Crippen LogP contribution is 2.37. The zero-order valence-corrected chi connectivity index (χ0v) is 26.4.